The maximum absolute atomic E-state index is 3.69. The van der Waals surface area contributed by atoms with Gasteiger partial charge < -0.3 is 5.32 Å². The van der Waals surface area contributed by atoms with Crippen LogP contribution in [0.2, 0.25) is 0 Å². The second-order valence-electron chi connectivity index (χ2n) is 5.25. The minimum absolute atomic E-state index is 0.110. The summed E-state index contributed by atoms with van der Waals surface area (Å²) in [5.74, 6) is 1.27. The molecule has 0 saturated carbocycles. The fourth-order valence-corrected chi connectivity index (χ4v) is 3.11. The van der Waals surface area contributed by atoms with Gasteiger partial charge in [-0.15, -0.1) is 0 Å². The van der Waals surface area contributed by atoms with Crippen LogP contribution in [0.3, 0.4) is 0 Å². The Balaban J connectivity index is 1.97. The van der Waals surface area contributed by atoms with Gasteiger partial charge in [0.15, 0.2) is 0 Å². The van der Waals surface area contributed by atoms with E-state index in [0.717, 1.165) is 13.1 Å². The summed E-state index contributed by atoms with van der Waals surface area (Å²) < 4.78 is 0. The van der Waals surface area contributed by atoms with E-state index in [9.17, 15) is 0 Å². The number of benzene rings is 1. The van der Waals surface area contributed by atoms with E-state index in [2.05, 4.69) is 53.7 Å². The van der Waals surface area contributed by atoms with Crippen LogP contribution in [0, 0.1) is 0 Å². The van der Waals surface area contributed by atoms with Gasteiger partial charge in [0, 0.05) is 19.6 Å². The van der Waals surface area contributed by atoms with Crippen LogP contribution in [0.15, 0.2) is 30.3 Å². The summed E-state index contributed by atoms with van der Waals surface area (Å²) in [7, 11) is 0. The van der Waals surface area contributed by atoms with E-state index in [1.54, 1.807) is 0 Å². The molecule has 1 fully saturated rings. The van der Waals surface area contributed by atoms with Gasteiger partial charge in [0.1, 0.15) is 0 Å². The molecule has 0 amide bonds. The third kappa shape index (κ3) is 3.50. The van der Waals surface area contributed by atoms with E-state index in [1.165, 1.54) is 30.8 Å². The van der Waals surface area contributed by atoms with Gasteiger partial charge in [-0.3, -0.25) is 4.90 Å². The van der Waals surface area contributed by atoms with E-state index in [1.807, 2.05) is 11.8 Å². The Kier molecular flexibility index (Phi) is 5.10. The Labute approximate surface area is 115 Å². The van der Waals surface area contributed by atoms with Gasteiger partial charge in [0.05, 0.1) is 5.54 Å². The molecular formula is C15H24N2S. The van der Waals surface area contributed by atoms with Crippen molar-refractivity contribution in [2.24, 2.45) is 0 Å². The molecule has 0 spiro atoms. The summed E-state index contributed by atoms with van der Waals surface area (Å²) in [6.07, 6.45) is 3.48. The molecule has 2 rings (SSSR count). The number of rotatable bonds is 5. The van der Waals surface area contributed by atoms with Crippen molar-refractivity contribution in [3.05, 3.63) is 35.9 Å². The summed E-state index contributed by atoms with van der Waals surface area (Å²) in [5.41, 5.74) is 1.51. The Morgan fingerprint density at radius 2 is 2.11 bits per heavy atom. The summed E-state index contributed by atoms with van der Waals surface area (Å²) in [6.45, 7) is 6.93. The van der Waals surface area contributed by atoms with Crippen LogP contribution in [-0.2, 0) is 5.54 Å². The molecule has 1 aliphatic heterocycles. The van der Waals surface area contributed by atoms with Gasteiger partial charge in [-0.05, 0) is 37.5 Å². The Bertz CT molecular complexity index is 355. The molecule has 2 nitrogen and oxygen atoms in total. The van der Waals surface area contributed by atoms with Crippen molar-refractivity contribution in [2.45, 2.75) is 18.9 Å². The number of piperazine rings is 1. The average molecular weight is 264 g/mol. The van der Waals surface area contributed by atoms with Crippen molar-refractivity contribution in [3.8, 4) is 0 Å². The van der Waals surface area contributed by atoms with E-state index in [-0.39, 0.29) is 5.54 Å². The number of hydrogen-bond donors (Lipinski definition) is 1. The van der Waals surface area contributed by atoms with Crippen molar-refractivity contribution < 1.29 is 0 Å². The largest absolute Gasteiger partial charge is 0.305 e. The van der Waals surface area contributed by atoms with Gasteiger partial charge in [0.2, 0.25) is 0 Å². The van der Waals surface area contributed by atoms with Crippen molar-refractivity contribution in [1.82, 2.24) is 10.2 Å². The molecule has 1 unspecified atom stereocenters. The normalized spacial score (nSPS) is 25.2. The predicted octanol–water partition coefficient (Wildman–Crippen LogP) is 2.56. The molecule has 0 aliphatic carbocycles. The molecule has 0 bridgehead atoms. The SMILES string of the molecule is CSCCCN1CCNC(C)(c2ccccc2)C1. The maximum Gasteiger partial charge on any atom is 0.0535 e. The van der Waals surface area contributed by atoms with Crippen LogP contribution in [-0.4, -0.2) is 43.1 Å². The maximum atomic E-state index is 3.69. The Hall–Kier alpha value is -0.510. The molecule has 1 aliphatic rings. The third-order valence-electron chi connectivity index (χ3n) is 3.72. The molecule has 18 heavy (non-hydrogen) atoms. The first-order valence-corrected chi connectivity index (χ1v) is 8.16. The predicted molar refractivity (Wildman–Crippen MR) is 81.2 cm³/mol. The van der Waals surface area contributed by atoms with Crippen LogP contribution in [0.5, 0.6) is 0 Å². The monoisotopic (exact) mass is 264 g/mol. The second kappa shape index (κ2) is 6.60. The van der Waals surface area contributed by atoms with Crippen molar-refractivity contribution in [1.29, 1.82) is 0 Å². The fourth-order valence-electron chi connectivity index (χ4n) is 2.69. The first kappa shape index (κ1) is 13.9. The van der Waals surface area contributed by atoms with Gasteiger partial charge in [-0.25, -0.2) is 0 Å². The summed E-state index contributed by atoms with van der Waals surface area (Å²) in [6, 6.07) is 10.8. The molecule has 1 N–H and O–H groups in total. The fraction of sp³-hybridized carbons (Fsp3) is 0.600. The molecule has 1 saturated heterocycles. The van der Waals surface area contributed by atoms with Crippen molar-refractivity contribution >= 4 is 11.8 Å². The summed E-state index contributed by atoms with van der Waals surface area (Å²) in [4.78, 5) is 2.60. The van der Waals surface area contributed by atoms with Crippen molar-refractivity contribution in [3.63, 3.8) is 0 Å². The van der Waals surface area contributed by atoms with Crippen molar-refractivity contribution in [2.75, 3.05) is 38.2 Å². The lowest BCUT2D eigenvalue weighted by Crippen LogP contribution is -2.56. The van der Waals surface area contributed by atoms with E-state index >= 15 is 0 Å². The minimum Gasteiger partial charge on any atom is -0.305 e. The highest BCUT2D eigenvalue weighted by atomic mass is 32.2. The van der Waals surface area contributed by atoms with E-state index < -0.39 is 0 Å². The Morgan fingerprint density at radius 3 is 2.83 bits per heavy atom. The van der Waals surface area contributed by atoms with E-state index in [4.69, 9.17) is 0 Å². The number of nitrogens with one attached hydrogen (secondary N) is 1. The smallest absolute Gasteiger partial charge is 0.0535 e. The average Bonchev–Trinajstić information content (AvgIpc) is 2.40. The minimum atomic E-state index is 0.110. The molecular weight excluding hydrogens is 240 g/mol. The molecule has 3 heteroatoms. The Morgan fingerprint density at radius 1 is 1.33 bits per heavy atom. The molecule has 0 aromatic heterocycles. The number of thioether (sulfide) groups is 1. The van der Waals surface area contributed by atoms with Crippen LogP contribution < -0.4 is 5.32 Å². The first-order valence-electron chi connectivity index (χ1n) is 6.76. The molecule has 1 atom stereocenters. The molecule has 0 radical (unpaired) electrons. The van der Waals surface area contributed by atoms with Gasteiger partial charge >= 0.3 is 0 Å². The quantitative estimate of drug-likeness (QED) is 0.823. The summed E-state index contributed by atoms with van der Waals surface area (Å²) >= 11 is 1.94. The first-order chi connectivity index (χ1) is 8.74. The zero-order valence-electron chi connectivity index (χ0n) is 11.5. The highest BCUT2D eigenvalue weighted by Gasteiger charge is 2.31. The number of hydrogen-bond acceptors (Lipinski definition) is 3. The lowest BCUT2D eigenvalue weighted by molar-refractivity contribution is 0.143. The van der Waals surface area contributed by atoms with Crippen LogP contribution in [0.1, 0.15) is 18.9 Å². The lowest BCUT2D eigenvalue weighted by Gasteiger charge is -2.42. The zero-order valence-corrected chi connectivity index (χ0v) is 12.3. The highest BCUT2D eigenvalue weighted by Crippen LogP contribution is 2.24. The van der Waals surface area contributed by atoms with E-state index in [0.29, 0.717) is 0 Å². The number of nitrogens with zero attached hydrogens (tertiary/aromatic N) is 1. The lowest BCUT2D eigenvalue weighted by atomic mass is 9.89. The standard InChI is InChI=1S/C15H24N2S/c1-15(14-7-4-3-5-8-14)13-17(11-9-16-15)10-6-12-18-2/h3-5,7-8,16H,6,9-13H2,1-2H3. The summed E-state index contributed by atoms with van der Waals surface area (Å²) in [5, 5.41) is 3.69. The van der Waals surface area contributed by atoms with Crippen LogP contribution >= 0.6 is 11.8 Å². The molecule has 1 aromatic rings. The molecule has 1 aromatic carbocycles. The second-order valence-corrected chi connectivity index (χ2v) is 6.23. The highest BCUT2D eigenvalue weighted by molar-refractivity contribution is 7.98. The molecule has 100 valence electrons. The topological polar surface area (TPSA) is 15.3 Å². The van der Waals surface area contributed by atoms with Gasteiger partial charge in [0.25, 0.3) is 0 Å². The van der Waals surface area contributed by atoms with Crippen LogP contribution in [0.25, 0.3) is 0 Å². The van der Waals surface area contributed by atoms with Gasteiger partial charge in [-0.2, -0.15) is 11.8 Å². The third-order valence-corrected chi connectivity index (χ3v) is 4.41. The van der Waals surface area contributed by atoms with Gasteiger partial charge in [-0.1, -0.05) is 30.3 Å². The van der Waals surface area contributed by atoms with Crippen LogP contribution in [0.4, 0.5) is 0 Å². The molecule has 1 heterocycles. The zero-order chi connectivity index (χ0) is 12.8.